The number of nitrogen functional groups attached to an aromatic ring is 1. The molecule has 0 amide bonds. The van der Waals surface area contributed by atoms with Gasteiger partial charge in [-0.1, -0.05) is 0 Å². The smallest absolute Gasteiger partial charge is 0.140 e. The molecule has 0 aliphatic carbocycles. The van der Waals surface area contributed by atoms with Crippen LogP contribution in [0.1, 0.15) is 6.92 Å². The van der Waals surface area contributed by atoms with Crippen LogP contribution in [-0.4, -0.2) is 11.7 Å². The molecule has 1 aromatic heterocycles. The van der Waals surface area contributed by atoms with Gasteiger partial charge in [0.2, 0.25) is 0 Å². The average Bonchev–Trinajstić information content (AvgIpc) is 2.57. The lowest BCUT2D eigenvalue weighted by Crippen LogP contribution is -1.92. The minimum Gasteiger partial charge on any atom is -0.506 e. The van der Waals surface area contributed by atoms with Crippen LogP contribution in [0.25, 0.3) is 10.1 Å². The largest absolute Gasteiger partial charge is 0.506 e. The highest BCUT2D eigenvalue weighted by atomic mass is 32.1. The Balaban J connectivity index is 2.69. The second-order valence-electron chi connectivity index (χ2n) is 2.90. The Hall–Kier alpha value is -1.42. The van der Waals surface area contributed by atoms with E-state index in [1.54, 1.807) is 17.4 Å². The number of thiophene rings is 1. The minimum atomic E-state index is 0.108. The van der Waals surface area contributed by atoms with E-state index in [9.17, 15) is 5.11 Å². The summed E-state index contributed by atoms with van der Waals surface area (Å²) in [6, 6.07) is 3.44. The van der Waals surface area contributed by atoms with Gasteiger partial charge >= 0.3 is 0 Å². The number of phenolic OH excluding ortho intramolecular Hbond substituents is 1. The van der Waals surface area contributed by atoms with Crippen molar-refractivity contribution in [3.05, 3.63) is 17.5 Å². The Bertz CT molecular complexity index is 464. The van der Waals surface area contributed by atoms with Gasteiger partial charge in [0, 0.05) is 10.1 Å². The van der Waals surface area contributed by atoms with Gasteiger partial charge in [-0.25, -0.2) is 0 Å². The highest BCUT2D eigenvalue weighted by Crippen LogP contribution is 2.40. The van der Waals surface area contributed by atoms with Crippen molar-refractivity contribution < 1.29 is 9.84 Å². The van der Waals surface area contributed by atoms with Crippen molar-refractivity contribution in [3.8, 4) is 11.5 Å². The second kappa shape index (κ2) is 3.38. The predicted octanol–water partition coefficient (Wildman–Crippen LogP) is 2.59. The number of ether oxygens (including phenoxy) is 1. The molecule has 1 heterocycles. The van der Waals surface area contributed by atoms with Crippen molar-refractivity contribution in [2.45, 2.75) is 6.92 Å². The first kappa shape index (κ1) is 9.15. The van der Waals surface area contributed by atoms with E-state index < -0.39 is 0 Å². The fraction of sp³-hybridized carbons (Fsp3) is 0.200. The van der Waals surface area contributed by atoms with Crippen LogP contribution in [0, 0.1) is 0 Å². The topological polar surface area (TPSA) is 55.5 Å². The van der Waals surface area contributed by atoms with Crippen molar-refractivity contribution in [1.82, 2.24) is 0 Å². The third kappa shape index (κ3) is 1.28. The Morgan fingerprint density at radius 2 is 2.29 bits per heavy atom. The van der Waals surface area contributed by atoms with E-state index in [4.69, 9.17) is 10.5 Å². The van der Waals surface area contributed by atoms with Crippen LogP contribution >= 0.6 is 11.3 Å². The SMILES string of the molecule is CCOc1csc2ccc(O)c(N)c12. The van der Waals surface area contributed by atoms with Crippen molar-refractivity contribution in [1.29, 1.82) is 0 Å². The molecule has 0 radical (unpaired) electrons. The van der Waals surface area contributed by atoms with Crippen LogP contribution in [0.2, 0.25) is 0 Å². The molecule has 74 valence electrons. The number of phenols is 1. The zero-order valence-electron chi connectivity index (χ0n) is 7.78. The number of aromatic hydroxyl groups is 1. The van der Waals surface area contributed by atoms with Crippen LogP contribution < -0.4 is 10.5 Å². The van der Waals surface area contributed by atoms with E-state index in [0.29, 0.717) is 12.3 Å². The molecule has 2 aromatic rings. The van der Waals surface area contributed by atoms with Gasteiger partial charge in [-0.3, -0.25) is 0 Å². The van der Waals surface area contributed by atoms with E-state index in [-0.39, 0.29) is 5.75 Å². The molecule has 0 aliphatic rings. The van der Waals surface area contributed by atoms with E-state index in [2.05, 4.69) is 0 Å². The summed E-state index contributed by atoms with van der Waals surface area (Å²) in [7, 11) is 0. The lowest BCUT2D eigenvalue weighted by Gasteiger charge is -2.04. The molecule has 1 aromatic carbocycles. The number of anilines is 1. The maximum atomic E-state index is 9.45. The first-order chi connectivity index (χ1) is 6.74. The Morgan fingerprint density at radius 1 is 1.50 bits per heavy atom. The molecule has 4 heteroatoms. The third-order valence-corrected chi connectivity index (χ3v) is 2.95. The van der Waals surface area contributed by atoms with Gasteiger partial charge < -0.3 is 15.6 Å². The van der Waals surface area contributed by atoms with Gasteiger partial charge in [0.1, 0.15) is 11.5 Å². The minimum absolute atomic E-state index is 0.108. The van der Waals surface area contributed by atoms with Gasteiger partial charge in [-0.15, -0.1) is 11.3 Å². The molecule has 14 heavy (non-hydrogen) atoms. The van der Waals surface area contributed by atoms with E-state index in [0.717, 1.165) is 15.8 Å². The summed E-state index contributed by atoms with van der Waals surface area (Å²) in [5.74, 6) is 0.859. The van der Waals surface area contributed by atoms with Crippen molar-refractivity contribution in [3.63, 3.8) is 0 Å². The maximum absolute atomic E-state index is 9.45. The molecular weight excluding hydrogens is 198 g/mol. The van der Waals surface area contributed by atoms with Crippen molar-refractivity contribution in [2.24, 2.45) is 0 Å². The molecule has 0 spiro atoms. The molecule has 0 bridgehead atoms. The molecule has 0 aliphatic heterocycles. The first-order valence-corrected chi connectivity index (χ1v) is 5.23. The maximum Gasteiger partial charge on any atom is 0.140 e. The molecule has 2 rings (SSSR count). The third-order valence-electron chi connectivity index (χ3n) is 2.02. The number of rotatable bonds is 2. The highest BCUT2D eigenvalue weighted by Gasteiger charge is 2.10. The van der Waals surface area contributed by atoms with Gasteiger partial charge in [-0.05, 0) is 19.1 Å². The van der Waals surface area contributed by atoms with E-state index in [1.165, 1.54) is 0 Å². The van der Waals surface area contributed by atoms with E-state index in [1.807, 2.05) is 18.4 Å². The zero-order valence-corrected chi connectivity index (χ0v) is 8.60. The number of benzene rings is 1. The molecule has 0 saturated carbocycles. The Labute approximate surface area is 85.7 Å². The number of fused-ring (bicyclic) bond motifs is 1. The molecule has 0 saturated heterocycles. The van der Waals surface area contributed by atoms with E-state index >= 15 is 0 Å². The zero-order chi connectivity index (χ0) is 10.1. The fourth-order valence-corrected chi connectivity index (χ4v) is 2.27. The van der Waals surface area contributed by atoms with Gasteiger partial charge in [-0.2, -0.15) is 0 Å². The summed E-state index contributed by atoms with van der Waals surface area (Å²) in [4.78, 5) is 0. The van der Waals surface area contributed by atoms with Gasteiger partial charge in [0.15, 0.2) is 0 Å². The van der Waals surface area contributed by atoms with Crippen LogP contribution in [0.5, 0.6) is 11.5 Å². The standard InChI is InChI=1S/C10H11NO2S/c1-2-13-7-5-14-8-4-3-6(12)10(11)9(7)8/h3-5,12H,2,11H2,1H3. The quantitative estimate of drug-likeness (QED) is 0.590. The number of hydrogen-bond acceptors (Lipinski definition) is 4. The van der Waals surface area contributed by atoms with Crippen LogP contribution in [-0.2, 0) is 0 Å². The average molecular weight is 209 g/mol. The molecule has 3 N–H and O–H groups in total. The van der Waals surface area contributed by atoms with Crippen molar-refractivity contribution >= 4 is 27.1 Å². The monoisotopic (exact) mass is 209 g/mol. The van der Waals surface area contributed by atoms with Crippen LogP contribution in [0.4, 0.5) is 5.69 Å². The summed E-state index contributed by atoms with van der Waals surface area (Å²) in [5, 5.41) is 12.2. The number of hydrogen-bond donors (Lipinski definition) is 2. The Morgan fingerprint density at radius 3 is 3.00 bits per heavy atom. The first-order valence-electron chi connectivity index (χ1n) is 4.35. The summed E-state index contributed by atoms with van der Waals surface area (Å²) in [5.41, 5.74) is 6.17. The summed E-state index contributed by atoms with van der Waals surface area (Å²) >= 11 is 1.56. The lowest BCUT2D eigenvalue weighted by atomic mass is 10.2. The fourth-order valence-electron chi connectivity index (χ4n) is 1.38. The molecule has 3 nitrogen and oxygen atoms in total. The van der Waals surface area contributed by atoms with Crippen LogP contribution in [0.15, 0.2) is 17.5 Å². The normalized spacial score (nSPS) is 10.6. The number of nitrogens with two attached hydrogens (primary N) is 1. The Kier molecular flexibility index (Phi) is 2.21. The summed E-state index contributed by atoms with van der Waals surface area (Å²) in [6.07, 6.45) is 0. The van der Waals surface area contributed by atoms with Gasteiger partial charge in [0.05, 0.1) is 17.7 Å². The van der Waals surface area contributed by atoms with Crippen LogP contribution in [0.3, 0.4) is 0 Å². The molecule has 0 fully saturated rings. The summed E-state index contributed by atoms with van der Waals surface area (Å²) in [6.45, 7) is 2.52. The highest BCUT2D eigenvalue weighted by molar-refractivity contribution is 7.17. The van der Waals surface area contributed by atoms with Gasteiger partial charge in [0.25, 0.3) is 0 Å². The lowest BCUT2D eigenvalue weighted by molar-refractivity contribution is 0.345. The predicted molar refractivity (Wildman–Crippen MR) is 59.1 cm³/mol. The van der Waals surface area contributed by atoms with Crippen molar-refractivity contribution in [2.75, 3.05) is 12.3 Å². The molecular formula is C10H11NO2S. The molecule has 0 unspecified atom stereocenters. The second-order valence-corrected chi connectivity index (χ2v) is 3.82. The molecule has 0 atom stereocenters. The summed E-state index contributed by atoms with van der Waals surface area (Å²) < 4.78 is 6.45.